The standard InChI is InChI=1S/C25H37N5O2.HI/c1-20(30(5)18-21-10-7-6-8-11-21)14-15-27-25(26-2)28-17-22-12-9-13-23(16-22)32-19-24(31)29(3)4;/h6-13,16,20H,14-15,17-19H2,1-5H3,(H2,26,27,28);1H. The van der Waals surface area contributed by atoms with Crippen LogP contribution in [0.1, 0.15) is 24.5 Å². The van der Waals surface area contributed by atoms with Crippen molar-refractivity contribution in [2.75, 3.05) is 41.3 Å². The van der Waals surface area contributed by atoms with Gasteiger partial charge >= 0.3 is 0 Å². The van der Waals surface area contributed by atoms with E-state index in [1.807, 2.05) is 30.3 Å². The quantitative estimate of drug-likeness (QED) is 0.248. The molecule has 2 aromatic rings. The molecule has 2 rings (SSSR count). The summed E-state index contributed by atoms with van der Waals surface area (Å²) in [6.45, 7) is 4.66. The van der Waals surface area contributed by atoms with Crippen LogP contribution in [0.3, 0.4) is 0 Å². The van der Waals surface area contributed by atoms with Gasteiger partial charge in [0.1, 0.15) is 5.75 Å². The van der Waals surface area contributed by atoms with Gasteiger partial charge in [-0.2, -0.15) is 0 Å². The molecule has 1 amide bonds. The largest absolute Gasteiger partial charge is 0.484 e. The molecule has 0 aliphatic carbocycles. The minimum absolute atomic E-state index is 0. The van der Waals surface area contributed by atoms with E-state index in [1.54, 1.807) is 21.1 Å². The van der Waals surface area contributed by atoms with Crippen LogP contribution in [0, 0.1) is 0 Å². The Kier molecular flexibility index (Phi) is 13.5. The Morgan fingerprint density at radius 3 is 2.39 bits per heavy atom. The lowest BCUT2D eigenvalue weighted by Gasteiger charge is -2.25. The lowest BCUT2D eigenvalue weighted by molar-refractivity contribution is -0.130. The fourth-order valence-electron chi connectivity index (χ4n) is 3.07. The summed E-state index contributed by atoms with van der Waals surface area (Å²) in [6, 6.07) is 18.7. The lowest BCUT2D eigenvalue weighted by atomic mass is 10.1. The SMILES string of the molecule is CN=C(NCCC(C)N(C)Cc1ccccc1)NCc1cccc(OCC(=O)N(C)C)c1.I. The summed E-state index contributed by atoms with van der Waals surface area (Å²) < 4.78 is 5.59. The average molecular weight is 568 g/mol. The number of amides is 1. The molecule has 1 atom stereocenters. The summed E-state index contributed by atoms with van der Waals surface area (Å²) in [5, 5.41) is 6.72. The van der Waals surface area contributed by atoms with E-state index in [-0.39, 0.29) is 36.5 Å². The van der Waals surface area contributed by atoms with Crippen molar-refractivity contribution in [1.82, 2.24) is 20.4 Å². The summed E-state index contributed by atoms with van der Waals surface area (Å²) in [5.41, 5.74) is 2.38. The topological polar surface area (TPSA) is 69.2 Å². The van der Waals surface area contributed by atoms with Gasteiger partial charge in [-0.3, -0.25) is 14.7 Å². The third kappa shape index (κ3) is 10.9. The number of carbonyl (C=O) groups is 1. The van der Waals surface area contributed by atoms with E-state index < -0.39 is 0 Å². The van der Waals surface area contributed by atoms with Crippen LogP contribution in [0.4, 0.5) is 0 Å². The summed E-state index contributed by atoms with van der Waals surface area (Å²) in [4.78, 5) is 19.9. The number of rotatable bonds is 11. The molecule has 0 saturated heterocycles. The second-order valence-electron chi connectivity index (χ2n) is 8.12. The van der Waals surface area contributed by atoms with E-state index in [0.29, 0.717) is 18.3 Å². The molecule has 0 aromatic heterocycles. The molecule has 182 valence electrons. The van der Waals surface area contributed by atoms with Crippen molar-refractivity contribution in [3.05, 3.63) is 65.7 Å². The third-order valence-corrected chi connectivity index (χ3v) is 5.32. The molecule has 0 fully saturated rings. The van der Waals surface area contributed by atoms with E-state index >= 15 is 0 Å². The first-order valence-electron chi connectivity index (χ1n) is 11.0. The molecular formula is C25H38IN5O2. The molecule has 0 heterocycles. The number of hydrogen-bond donors (Lipinski definition) is 2. The summed E-state index contributed by atoms with van der Waals surface area (Å²) in [7, 11) is 7.36. The van der Waals surface area contributed by atoms with Crippen molar-refractivity contribution in [2.45, 2.75) is 32.5 Å². The van der Waals surface area contributed by atoms with Crippen molar-refractivity contribution in [2.24, 2.45) is 4.99 Å². The summed E-state index contributed by atoms with van der Waals surface area (Å²) in [6.07, 6.45) is 1.01. The summed E-state index contributed by atoms with van der Waals surface area (Å²) >= 11 is 0. The first kappa shape index (κ1) is 28.7. The van der Waals surface area contributed by atoms with Crippen LogP contribution in [0.2, 0.25) is 0 Å². The van der Waals surface area contributed by atoms with Crippen molar-refractivity contribution in [3.8, 4) is 5.75 Å². The number of halogens is 1. The number of aliphatic imine (C=N–C) groups is 1. The number of guanidine groups is 1. The minimum Gasteiger partial charge on any atom is -0.484 e. The van der Waals surface area contributed by atoms with Gasteiger partial charge in [0.25, 0.3) is 5.91 Å². The highest BCUT2D eigenvalue weighted by Gasteiger charge is 2.10. The van der Waals surface area contributed by atoms with Gasteiger partial charge in [0, 0.05) is 46.8 Å². The zero-order valence-electron chi connectivity index (χ0n) is 20.4. The predicted molar refractivity (Wildman–Crippen MR) is 146 cm³/mol. The van der Waals surface area contributed by atoms with E-state index in [1.165, 1.54) is 10.5 Å². The van der Waals surface area contributed by atoms with E-state index in [2.05, 4.69) is 58.8 Å². The Balaban J connectivity index is 0.00000544. The Morgan fingerprint density at radius 1 is 1.03 bits per heavy atom. The predicted octanol–water partition coefficient (Wildman–Crippen LogP) is 3.35. The molecule has 0 saturated carbocycles. The number of hydrogen-bond acceptors (Lipinski definition) is 4. The van der Waals surface area contributed by atoms with Gasteiger partial charge in [0.05, 0.1) is 0 Å². The van der Waals surface area contributed by atoms with Crippen molar-refractivity contribution in [1.29, 1.82) is 0 Å². The van der Waals surface area contributed by atoms with Crippen LogP contribution >= 0.6 is 24.0 Å². The van der Waals surface area contributed by atoms with Gasteiger partial charge in [0.2, 0.25) is 0 Å². The van der Waals surface area contributed by atoms with Gasteiger partial charge in [-0.25, -0.2) is 0 Å². The second kappa shape index (κ2) is 15.5. The summed E-state index contributed by atoms with van der Waals surface area (Å²) in [5.74, 6) is 1.37. The molecule has 7 nitrogen and oxygen atoms in total. The molecule has 0 aliphatic heterocycles. The third-order valence-electron chi connectivity index (χ3n) is 5.32. The van der Waals surface area contributed by atoms with E-state index in [9.17, 15) is 4.79 Å². The normalized spacial score (nSPS) is 12.0. The van der Waals surface area contributed by atoms with Gasteiger partial charge < -0.3 is 20.3 Å². The second-order valence-corrected chi connectivity index (χ2v) is 8.12. The Hall–Kier alpha value is -2.33. The fourth-order valence-corrected chi connectivity index (χ4v) is 3.07. The van der Waals surface area contributed by atoms with Crippen LogP contribution < -0.4 is 15.4 Å². The number of ether oxygens (including phenoxy) is 1. The van der Waals surface area contributed by atoms with Gasteiger partial charge in [-0.1, -0.05) is 42.5 Å². The fraction of sp³-hybridized carbons (Fsp3) is 0.440. The van der Waals surface area contributed by atoms with E-state index in [0.717, 1.165) is 31.0 Å². The van der Waals surface area contributed by atoms with Crippen LogP contribution in [-0.2, 0) is 17.9 Å². The molecule has 33 heavy (non-hydrogen) atoms. The highest BCUT2D eigenvalue weighted by Crippen LogP contribution is 2.13. The molecule has 1 unspecified atom stereocenters. The zero-order valence-corrected chi connectivity index (χ0v) is 22.7. The highest BCUT2D eigenvalue weighted by atomic mass is 127. The number of nitrogens with zero attached hydrogens (tertiary/aromatic N) is 3. The molecule has 0 radical (unpaired) electrons. The zero-order chi connectivity index (χ0) is 23.3. The lowest BCUT2D eigenvalue weighted by Crippen LogP contribution is -2.39. The van der Waals surface area contributed by atoms with Crippen LogP contribution in [0.5, 0.6) is 5.75 Å². The van der Waals surface area contributed by atoms with E-state index in [4.69, 9.17) is 4.74 Å². The van der Waals surface area contributed by atoms with Gasteiger partial charge in [-0.05, 0) is 43.7 Å². The minimum atomic E-state index is -0.0678. The molecule has 2 N–H and O–H groups in total. The first-order chi connectivity index (χ1) is 15.4. The van der Waals surface area contributed by atoms with Gasteiger partial charge in [-0.15, -0.1) is 24.0 Å². The van der Waals surface area contributed by atoms with Crippen LogP contribution in [-0.4, -0.2) is 69.1 Å². The van der Waals surface area contributed by atoms with Gasteiger partial charge in [0.15, 0.2) is 12.6 Å². The number of carbonyl (C=O) groups excluding carboxylic acids is 1. The van der Waals surface area contributed by atoms with Crippen molar-refractivity contribution < 1.29 is 9.53 Å². The van der Waals surface area contributed by atoms with Crippen molar-refractivity contribution >= 4 is 35.8 Å². The number of likely N-dealkylation sites (N-methyl/N-ethyl adjacent to an activating group) is 1. The average Bonchev–Trinajstić information content (AvgIpc) is 2.80. The first-order valence-corrected chi connectivity index (χ1v) is 11.0. The molecule has 0 aliphatic rings. The van der Waals surface area contributed by atoms with Crippen LogP contribution in [0.15, 0.2) is 59.6 Å². The molecule has 8 heteroatoms. The molecule has 0 spiro atoms. The Morgan fingerprint density at radius 2 is 1.73 bits per heavy atom. The molecular weight excluding hydrogens is 529 g/mol. The Labute approximate surface area is 215 Å². The maximum absolute atomic E-state index is 11.7. The maximum Gasteiger partial charge on any atom is 0.259 e. The highest BCUT2D eigenvalue weighted by molar-refractivity contribution is 14.0. The monoisotopic (exact) mass is 567 g/mol. The van der Waals surface area contributed by atoms with Crippen LogP contribution in [0.25, 0.3) is 0 Å². The Bertz CT molecular complexity index is 861. The molecule has 0 bridgehead atoms. The smallest absolute Gasteiger partial charge is 0.259 e. The van der Waals surface area contributed by atoms with Crippen molar-refractivity contribution in [3.63, 3.8) is 0 Å². The number of nitrogens with one attached hydrogen (secondary N) is 2. The molecule has 2 aromatic carbocycles. The maximum atomic E-state index is 11.7. The number of benzene rings is 2.